The van der Waals surface area contributed by atoms with Gasteiger partial charge in [0, 0.05) is 4.47 Å². The van der Waals surface area contributed by atoms with Gasteiger partial charge < -0.3 is 4.74 Å². The highest BCUT2D eigenvalue weighted by Crippen LogP contribution is 2.21. The summed E-state index contributed by atoms with van der Waals surface area (Å²) in [5.41, 5.74) is 5.17. The van der Waals surface area contributed by atoms with E-state index < -0.39 is 0 Å². The minimum Gasteiger partial charge on any atom is -0.377 e. The molecule has 1 unspecified atom stereocenters. The van der Waals surface area contributed by atoms with Gasteiger partial charge in [0.05, 0.1) is 18.8 Å². The van der Waals surface area contributed by atoms with E-state index in [1.807, 2.05) is 19.9 Å². The molecule has 4 heteroatoms. The van der Waals surface area contributed by atoms with E-state index in [0.717, 1.165) is 4.47 Å². The molecule has 0 aliphatic rings. The SMILES string of the molecule is Cc1cc(Br)ccc1C(COC(C)C)NN. The minimum atomic E-state index is 0.0375. The zero-order valence-corrected chi connectivity index (χ0v) is 11.5. The highest BCUT2D eigenvalue weighted by molar-refractivity contribution is 9.10. The van der Waals surface area contributed by atoms with Crippen molar-refractivity contribution >= 4 is 15.9 Å². The molecular weight excluding hydrogens is 268 g/mol. The van der Waals surface area contributed by atoms with Gasteiger partial charge in [0.1, 0.15) is 0 Å². The second kappa shape index (κ2) is 6.35. The van der Waals surface area contributed by atoms with Crippen LogP contribution in [0.4, 0.5) is 0 Å². The molecule has 0 aliphatic heterocycles. The highest BCUT2D eigenvalue weighted by Gasteiger charge is 2.13. The number of nitrogens with one attached hydrogen (secondary N) is 1. The number of hydrogen-bond acceptors (Lipinski definition) is 3. The number of ether oxygens (including phenoxy) is 1. The van der Waals surface area contributed by atoms with E-state index in [1.54, 1.807) is 0 Å². The molecule has 0 aliphatic carbocycles. The maximum absolute atomic E-state index is 5.58. The first-order valence-corrected chi connectivity index (χ1v) is 6.17. The van der Waals surface area contributed by atoms with Crippen molar-refractivity contribution in [2.45, 2.75) is 32.9 Å². The van der Waals surface area contributed by atoms with Crippen molar-refractivity contribution in [3.63, 3.8) is 0 Å². The first-order valence-electron chi connectivity index (χ1n) is 5.38. The largest absolute Gasteiger partial charge is 0.377 e. The molecule has 0 amide bonds. The van der Waals surface area contributed by atoms with Crippen molar-refractivity contribution in [3.05, 3.63) is 33.8 Å². The molecule has 0 spiro atoms. The van der Waals surface area contributed by atoms with Crippen LogP contribution >= 0.6 is 15.9 Å². The van der Waals surface area contributed by atoms with E-state index in [1.165, 1.54) is 11.1 Å². The zero-order valence-electron chi connectivity index (χ0n) is 9.96. The van der Waals surface area contributed by atoms with Crippen LogP contribution in [-0.2, 0) is 4.74 Å². The van der Waals surface area contributed by atoms with E-state index in [2.05, 4.69) is 40.4 Å². The van der Waals surface area contributed by atoms with Crippen molar-refractivity contribution < 1.29 is 4.74 Å². The summed E-state index contributed by atoms with van der Waals surface area (Å²) in [5.74, 6) is 5.56. The maximum Gasteiger partial charge on any atom is 0.0696 e. The van der Waals surface area contributed by atoms with Crippen molar-refractivity contribution in [3.8, 4) is 0 Å². The third kappa shape index (κ3) is 3.87. The van der Waals surface area contributed by atoms with Gasteiger partial charge in [0.15, 0.2) is 0 Å². The fraction of sp³-hybridized carbons (Fsp3) is 0.500. The Kier molecular flexibility index (Phi) is 5.41. The van der Waals surface area contributed by atoms with Crippen LogP contribution in [-0.4, -0.2) is 12.7 Å². The summed E-state index contributed by atoms with van der Waals surface area (Å²) < 4.78 is 6.66. The lowest BCUT2D eigenvalue weighted by molar-refractivity contribution is 0.0610. The molecule has 0 saturated heterocycles. The van der Waals surface area contributed by atoms with Gasteiger partial charge in [0.2, 0.25) is 0 Å². The molecule has 0 heterocycles. The standard InChI is InChI=1S/C12H19BrN2O/c1-8(2)16-7-12(15-14)11-5-4-10(13)6-9(11)3/h4-6,8,12,15H,7,14H2,1-3H3. The van der Waals surface area contributed by atoms with Gasteiger partial charge in [-0.25, -0.2) is 0 Å². The Bertz CT molecular complexity index is 342. The van der Waals surface area contributed by atoms with Crippen LogP contribution in [0.15, 0.2) is 22.7 Å². The normalized spacial score (nSPS) is 13.1. The zero-order chi connectivity index (χ0) is 12.1. The van der Waals surface area contributed by atoms with E-state index in [-0.39, 0.29) is 12.1 Å². The summed E-state index contributed by atoms with van der Waals surface area (Å²) in [6.45, 7) is 6.68. The number of benzene rings is 1. The van der Waals surface area contributed by atoms with Gasteiger partial charge in [-0.15, -0.1) is 0 Å². The lowest BCUT2D eigenvalue weighted by atomic mass is 10.0. The van der Waals surface area contributed by atoms with Gasteiger partial charge in [-0.2, -0.15) is 0 Å². The quantitative estimate of drug-likeness (QED) is 0.646. The predicted molar refractivity (Wildman–Crippen MR) is 70.0 cm³/mol. The third-order valence-electron chi connectivity index (χ3n) is 2.40. The molecule has 16 heavy (non-hydrogen) atoms. The lowest BCUT2D eigenvalue weighted by Gasteiger charge is -2.20. The number of hydrogen-bond donors (Lipinski definition) is 2. The summed E-state index contributed by atoms with van der Waals surface area (Å²) in [6.07, 6.45) is 0.214. The Balaban J connectivity index is 2.78. The maximum atomic E-state index is 5.58. The molecule has 1 aromatic rings. The van der Waals surface area contributed by atoms with Crippen LogP contribution in [0.25, 0.3) is 0 Å². The molecule has 1 atom stereocenters. The second-order valence-corrected chi connectivity index (χ2v) is 5.02. The van der Waals surface area contributed by atoms with Crippen molar-refractivity contribution in [2.24, 2.45) is 5.84 Å². The molecule has 1 rings (SSSR count). The van der Waals surface area contributed by atoms with Crippen LogP contribution in [0, 0.1) is 6.92 Å². The monoisotopic (exact) mass is 286 g/mol. The molecule has 3 nitrogen and oxygen atoms in total. The fourth-order valence-electron chi connectivity index (χ4n) is 1.55. The van der Waals surface area contributed by atoms with E-state index in [9.17, 15) is 0 Å². The number of nitrogens with two attached hydrogens (primary N) is 1. The number of halogens is 1. The van der Waals surface area contributed by atoms with Gasteiger partial charge in [0.25, 0.3) is 0 Å². The van der Waals surface area contributed by atoms with Crippen LogP contribution < -0.4 is 11.3 Å². The van der Waals surface area contributed by atoms with Crippen molar-refractivity contribution in [1.82, 2.24) is 5.43 Å². The molecule has 90 valence electrons. The van der Waals surface area contributed by atoms with Crippen LogP contribution in [0.1, 0.15) is 31.0 Å². The molecule has 3 N–H and O–H groups in total. The molecule has 1 aromatic carbocycles. The molecule has 0 fully saturated rings. The topological polar surface area (TPSA) is 47.3 Å². The summed E-state index contributed by atoms with van der Waals surface area (Å²) in [6, 6.07) is 6.19. The van der Waals surface area contributed by atoms with E-state index in [0.29, 0.717) is 6.61 Å². The molecule has 0 aromatic heterocycles. The highest BCUT2D eigenvalue weighted by atomic mass is 79.9. The summed E-state index contributed by atoms with van der Waals surface area (Å²) in [5, 5.41) is 0. The first-order chi connectivity index (χ1) is 7.54. The Morgan fingerprint density at radius 1 is 1.44 bits per heavy atom. The van der Waals surface area contributed by atoms with Gasteiger partial charge >= 0.3 is 0 Å². The smallest absolute Gasteiger partial charge is 0.0696 e. The molecule has 0 radical (unpaired) electrons. The van der Waals surface area contributed by atoms with E-state index in [4.69, 9.17) is 10.6 Å². The average Bonchev–Trinajstić information content (AvgIpc) is 2.21. The van der Waals surface area contributed by atoms with E-state index >= 15 is 0 Å². The van der Waals surface area contributed by atoms with Crippen LogP contribution in [0.2, 0.25) is 0 Å². The van der Waals surface area contributed by atoms with Gasteiger partial charge in [-0.1, -0.05) is 22.0 Å². The average molecular weight is 287 g/mol. The Hall–Kier alpha value is -0.420. The summed E-state index contributed by atoms with van der Waals surface area (Å²) >= 11 is 3.45. The first kappa shape index (κ1) is 13.6. The minimum absolute atomic E-state index is 0.0375. The number of rotatable bonds is 5. The summed E-state index contributed by atoms with van der Waals surface area (Å²) in [7, 11) is 0. The van der Waals surface area contributed by atoms with Gasteiger partial charge in [-0.3, -0.25) is 11.3 Å². The number of hydrazine groups is 1. The van der Waals surface area contributed by atoms with Crippen LogP contribution in [0.5, 0.6) is 0 Å². The third-order valence-corrected chi connectivity index (χ3v) is 2.90. The number of aryl methyl sites for hydroxylation is 1. The summed E-state index contributed by atoms with van der Waals surface area (Å²) in [4.78, 5) is 0. The molecular formula is C12H19BrN2O. The molecule has 0 saturated carbocycles. The van der Waals surface area contributed by atoms with Crippen molar-refractivity contribution in [2.75, 3.05) is 6.61 Å². The fourth-order valence-corrected chi connectivity index (χ4v) is 2.02. The molecule has 0 bridgehead atoms. The van der Waals surface area contributed by atoms with Gasteiger partial charge in [-0.05, 0) is 44.0 Å². The Labute approximate surface area is 105 Å². The lowest BCUT2D eigenvalue weighted by Crippen LogP contribution is -2.32. The Morgan fingerprint density at radius 3 is 2.62 bits per heavy atom. The predicted octanol–water partition coefficient (Wildman–Crippen LogP) is 2.69. The van der Waals surface area contributed by atoms with Crippen molar-refractivity contribution in [1.29, 1.82) is 0 Å². The van der Waals surface area contributed by atoms with Crippen LogP contribution in [0.3, 0.4) is 0 Å². The Morgan fingerprint density at radius 2 is 2.12 bits per heavy atom. The second-order valence-electron chi connectivity index (χ2n) is 4.10.